The second kappa shape index (κ2) is 9.68. The molecule has 0 aromatic heterocycles. The predicted octanol–water partition coefficient (Wildman–Crippen LogP) is 3.18. The second-order valence-electron chi connectivity index (χ2n) is 10.1. The van der Waals surface area contributed by atoms with Gasteiger partial charge in [0, 0.05) is 28.5 Å². The van der Waals surface area contributed by atoms with Crippen molar-refractivity contribution < 1.29 is 29.3 Å². The molecule has 0 heterocycles. The molecule has 3 aliphatic carbocycles. The number of carbonyl (C=O) groups is 3. The highest BCUT2D eigenvalue weighted by Crippen LogP contribution is 2.53. The predicted molar refractivity (Wildman–Crippen MR) is 139 cm³/mol. The molecule has 3 aliphatic rings. The largest absolute Gasteiger partial charge is 0.507 e. The van der Waals surface area contributed by atoms with Gasteiger partial charge in [-0.05, 0) is 60.9 Å². The molecule has 2 aromatic rings. The van der Waals surface area contributed by atoms with Crippen molar-refractivity contribution in [1.29, 1.82) is 0 Å². The van der Waals surface area contributed by atoms with E-state index in [0.717, 1.165) is 18.5 Å². The molecule has 5 N–H and O–H groups in total. The summed E-state index contributed by atoms with van der Waals surface area (Å²) in [6.07, 6.45) is 1.53. The third kappa shape index (κ3) is 3.78. The minimum Gasteiger partial charge on any atom is -0.507 e. The first-order valence-corrected chi connectivity index (χ1v) is 12.7. The molecule has 3 atom stereocenters. The summed E-state index contributed by atoms with van der Waals surface area (Å²) in [5.41, 5.74) is 6.17. The van der Waals surface area contributed by atoms with Gasteiger partial charge in [0.2, 0.25) is 0 Å². The summed E-state index contributed by atoms with van der Waals surface area (Å²) in [4.78, 5) is 50.1. The Hall–Kier alpha value is -4.05. The highest BCUT2D eigenvalue weighted by Gasteiger charge is 2.52. The summed E-state index contributed by atoms with van der Waals surface area (Å²) in [5, 5.41) is 30.1. The first-order valence-electron chi connectivity index (χ1n) is 12.7. The Kier molecular flexibility index (Phi) is 6.52. The van der Waals surface area contributed by atoms with E-state index in [-0.39, 0.29) is 35.4 Å². The zero-order valence-corrected chi connectivity index (χ0v) is 21.2. The lowest BCUT2D eigenvalue weighted by molar-refractivity contribution is -0.134. The third-order valence-corrected chi connectivity index (χ3v) is 7.94. The number of ether oxygens (including phenoxy) is 1. The molecule has 10 heteroatoms. The van der Waals surface area contributed by atoms with Crippen LogP contribution in [0.25, 0.3) is 16.5 Å². The first-order chi connectivity index (χ1) is 18.2. The molecule has 198 valence electrons. The number of carbonyl (C=O) groups excluding carboxylic acids is 3. The zero-order valence-electron chi connectivity index (χ0n) is 21.2. The minimum absolute atomic E-state index is 0.0315. The van der Waals surface area contributed by atoms with E-state index < -0.39 is 46.6 Å². The lowest BCUT2D eigenvalue weighted by Gasteiger charge is -2.41. The van der Waals surface area contributed by atoms with E-state index in [1.165, 1.54) is 7.11 Å². The normalized spacial score (nSPS) is 22.7. The number of methoxy groups -OCH3 is 1. The number of nitrogens with zero attached hydrogens (tertiary/aromatic N) is 1. The van der Waals surface area contributed by atoms with Crippen molar-refractivity contribution in [2.45, 2.75) is 39.2 Å². The Labute approximate surface area is 218 Å². The van der Waals surface area contributed by atoms with Gasteiger partial charge in [0.05, 0.1) is 18.6 Å². The number of nitroso groups, excluding NO2 is 1. The molecule has 0 saturated heterocycles. The molecule has 0 spiro atoms. The van der Waals surface area contributed by atoms with Gasteiger partial charge in [-0.2, -0.15) is 0 Å². The molecule has 10 nitrogen and oxygen atoms in total. The van der Waals surface area contributed by atoms with E-state index in [1.54, 1.807) is 0 Å². The number of nitrogens with one attached hydrogen (secondary N) is 1. The summed E-state index contributed by atoms with van der Waals surface area (Å²) in [5.74, 6) is -4.95. The molecule has 1 fully saturated rings. The summed E-state index contributed by atoms with van der Waals surface area (Å²) in [6.45, 7) is 3.50. The molecule has 0 aliphatic heterocycles. The van der Waals surface area contributed by atoms with E-state index in [4.69, 9.17) is 10.5 Å². The number of aliphatic hydroxyl groups excluding tert-OH is 1. The molecule has 2 unspecified atom stereocenters. The van der Waals surface area contributed by atoms with Crippen LogP contribution in [0.1, 0.15) is 42.9 Å². The minimum atomic E-state index is -1.25. The number of primary amides is 1. The second-order valence-corrected chi connectivity index (χ2v) is 10.1. The van der Waals surface area contributed by atoms with E-state index in [9.17, 15) is 29.5 Å². The van der Waals surface area contributed by atoms with E-state index in [2.05, 4.69) is 17.4 Å². The molecule has 38 heavy (non-hydrogen) atoms. The van der Waals surface area contributed by atoms with Gasteiger partial charge in [0.25, 0.3) is 5.91 Å². The molecule has 2 aromatic carbocycles. The fourth-order valence-corrected chi connectivity index (χ4v) is 6.35. The lowest BCUT2D eigenvalue weighted by atomic mass is 9.61. The van der Waals surface area contributed by atoms with Crippen molar-refractivity contribution in [3.63, 3.8) is 0 Å². The number of phenolic OH excluding ortho intramolecular Hbond substituents is 1. The van der Waals surface area contributed by atoms with E-state index >= 15 is 0 Å². The number of amides is 1. The number of Topliss-reactive ketones (excluding diaryl/α,β-unsaturated/α-hetero) is 2. The van der Waals surface area contributed by atoms with Crippen LogP contribution >= 0.6 is 0 Å². The van der Waals surface area contributed by atoms with Gasteiger partial charge in [-0.3, -0.25) is 14.4 Å². The van der Waals surface area contributed by atoms with E-state index in [1.807, 2.05) is 18.2 Å². The summed E-state index contributed by atoms with van der Waals surface area (Å²) < 4.78 is 5.76. The smallest absolute Gasteiger partial charge is 0.254 e. The van der Waals surface area contributed by atoms with Crippen molar-refractivity contribution in [2.75, 3.05) is 13.7 Å². The standard InChI is InChI=1S/C28H29N3O7/c1-3-6-30-11-12-4-5-15-16(7-12)23(32)21-17(27(15)38-2)9-13-8-14-10-18(31-37)22(28(29)36)26(35)20(14)24(33)19(13)25(21)34/h4-5,7,13-14,20,30,32,34H,3,6,8-11H2,1-2H3,(H2,29,36)/t13-,14?,20?/m1/s1. The maximum atomic E-state index is 13.7. The number of allylic oxidation sites excluding steroid dienone is 2. The van der Waals surface area contributed by atoms with Crippen molar-refractivity contribution in [3.05, 3.63) is 56.6 Å². The zero-order chi connectivity index (χ0) is 27.3. The van der Waals surface area contributed by atoms with Crippen LogP contribution in [0.2, 0.25) is 0 Å². The van der Waals surface area contributed by atoms with Crippen LogP contribution in [0.5, 0.6) is 11.5 Å². The molecule has 1 amide bonds. The Morgan fingerprint density at radius 3 is 2.61 bits per heavy atom. The lowest BCUT2D eigenvalue weighted by Crippen LogP contribution is -2.46. The monoisotopic (exact) mass is 519 g/mol. The van der Waals surface area contributed by atoms with Gasteiger partial charge in [-0.25, -0.2) is 0 Å². The quantitative estimate of drug-likeness (QED) is 0.187. The Morgan fingerprint density at radius 2 is 1.95 bits per heavy atom. The maximum absolute atomic E-state index is 13.7. The Morgan fingerprint density at radius 1 is 1.18 bits per heavy atom. The molecule has 0 bridgehead atoms. The number of hydrogen-bond donors (Lipinski definition) is 4. The highest BCUT2D eigenvalue weighted by atomic mass is 16.5. The van der Waals surface area contributed by atoms with Crippen LogP contribution in [-0.2, 0) is 27.3 Å². The number of fused-ring (bicyclic) bond motifs is 4. The fraction of sp³-hybridized carbons (Fsp3) is 0.393. The van der Waals surface area contributed by atoms with Crippen LogP contribution in [-0.4, -0.2) is 41.3 Å². The van der Waals surface area contributed by atoms with Crippen molar-refractivity contribution >= 4 is 34.0 Å². The number of aliphatic hydroxyl groups is 1. The van der Waals surface area contributed by atoms with Crippen molar-refractivity contribution in [3.8, 4) is 11.5 Å². The number of nitrogens with two attached hydrogens (primary N) is 1. The number of hydrogen-bond acceptors (Lipinski definition) is 9. The van der Waals surface area contributed by atoms with Gasteiger partial charge in [-0.1, -0.05) is 19.1 Å². The number of ketones is 2. The molecule has 0 radical (unpaired) electrons. The SMILES string of the molecule is CCCNCc1ccc2c(OC)c3c(c(O)c2c1)C(O)=C1C(=O)C2C(=O)C(C(N)=O)=C(N=O)CC2C[C@@H]1C3. The molecule has 1 saturated carbocycles. The van der Waals surface area contributed by atoms with E-state index in [0.29, 0.717) is 35.1 Å². The number of aromatic hydroxyl groups is 1. The number of phenols is 1. The summed E-state index contributed by atoms with van der Waals surface area (Å²) >= 11 is 0. The van der Waals surface area contributed by atoms with Gasteiger partial charge < -0.3 is 26.0 Å². The van der Waals surface area contributed by atoms with Crippen LogP contribution in [0.3, 0.4) is 0 Å². The van der Waals surface area contributed by atoms with Crippen LogP contribution in [0, 0.1) is 22.7 Å². The summed E-state index contributed by atoms with van der Waals surface area (Å²) in [7, 11) is 1.51. The first kappa shape index (κ1) is 25.6. The maximum Gasteiger partial charge on any atom is 0.254 e. The van der Waals surface area contributed by atoms with Gasteiger partial charge in [-0.15, -0.1) is 4.91 Å². The van der Waals surface area contributed by atoms with Crippen molar-refractivity contribution in [1.82, 2.24) is 5.32 Å². The van der Waals surface area contributed by atoms with Gasteiger partial charge >= 0.3 is 0 Å². The molecular formula is C28H29N3O7. The van der Waals surface area contributed by atoms with Crippen LogP contribution in [0.15, 0.2) is 40.2 Å². The summed E-state index contributed by atoms with van der Waals surface area (Å²) in [6, 6.07) is 5.64. The fourth-order valence-electron chi connectivity index (χ4n) is 6.35. The van der Waals surface area contributed by atoms with Crippen LogP contribution < -0.4 is 15.8 Å². The molecular weight excluding hydrogens is 490 g/mol. The average Bonchev–Trinajstić information content (AvgIpc) is 2.88. The van der Waals surface area contributed by atoms with Gasteiger partial charge in [0.1, 0.15) is 28.5 Å². The topological polar surface area (TPSA) is 168 Å². The number of rotatable bonds is 7. The number of benzene rings is 2. The Balaban J connectivity index is 1.65. The van der Waals surface area contributed by atoms with Crippen LogP contribution in [0.4, 0.5) is 0 Å². The Bertz CT molecular complexity index is 1470. The third-order valence-electron chi connectivity index (χ3n) is 7.94. The average molecular weight is 520 g/mol. The van der Waals surface area contributed by atoms with Crippen molar-refractivity contribution in [2.24, 2.45) is 28.7 Å². The highest BCUT2D eigenvalue weighted by molar-refractivity contribution is 6.28. The molecule has 5 rings (SSSR count). The van der Waals surface area contributed by atoms with Gasteiger partial charge in [0.15, 0.2) is 11.6 Å².